The summed E-state index contributed by atoms with van der Waals surface area (Å²) in [5.41, 5.74) is -5.42. The molecule has 0 aliphatic carbocycles. The average Bonchev–Trinajstić information content (AvgIpc) is 2.34. The third-order valence-corrected chi connectivity index (χ3v) is 4.27. The minimum absolute atomic E-state index is 0.0437. The molecule has 1 aromatic rings. The van der Waals surface area contributed by atoms with Crippen molar-refractivity contribution in [3.63, 3.8) is 0 Å². The zero-order chi connectivity index (χ0) is 15.6. The first-order valence-corrected chi connectivity index (χ1v) is 7.39. The highest BCUT2D eigenvalue weighted by molar-refractivity contribution is 7.92. The number of halogens is 3. The highest BCUT2D eigenvalue weighted by atomic mass is 32.2. The van der Waals surface area contributed by atoms with Crippen LogP contribution in [-0.4, -0.2) is 38.2 Å². The van der Waals surface area contributed by atoms with E-state index in [0.29, 0.717) is 0 Å². The molecule has 0 aromatic heterocycles. The van der Waals surface area contributed by atoms with E-state index in [1.807, 2.05) is 0 Å². The molecule has 0 heterocycles. The number of sulfone groups is 1. The van der Waals surface area contributed by atoms with Gasteiger partial charge in [0, 0.05) is 12.6 Å². The van der Waals surface area contributed by atoms with Gasteiger partial charge in [-0.25, -0.2) is 8.42 Å². The smallest absolute Gasteiger partial charge is 0.395 e. The molecule has 1 aromatic carbocycles. The highest BCUT2D eigenvalue weighted by Crippen LogP contribution is 2.36. The molecule has 0 aliphatic rings. The summed E-state index contributed by atoms with van der Waals surface area (Å²) in [7, 11) is -5.43. The van der Waals surface area contributed by atoms with Crippen LogP contribution in [0, 0.1) is 0 Å². The van der Waals surface area contributed by atoms with Crippen LogP contribution < -0.4 is 4.90 Å². The van der Waals surface area contributed by atoms with Crippen LogP contribution in [-0.2, 0) is 9.84 Å². The van der Waals surface area contributed by atoms with Crippen molar-refractivity contribution in [3.8, 4) is 0 Å². The zero-order valence-corrected chi connectivity index (χ0v) is 11.9. The van der Waals surface area contributed by atoms with E-state index >= 15 is 0 Å². The first kappa shape index (κ1) is 16.8. The Labute approximate surface area is 115 Å². The lowest BCUT2D eigenvalue weighted by Gasteiger charge is -2.30. The molecule has 1 rings (SSSR count). The Hall–Kier alpha value is -1.28. The van der Waals surface area contributed by atoms with Gasteiger partial charge in [-0.15, -0.1) is 0 Å². The Morgan fingerprint density at radius 3 is 2.25 bits per heavy atom. The van der Waals surface area contributed by atoms with Crippen LogP contribution in [0.2, 0.25) is 0 Å². The molecule has 114 valence electrons. The molecule has 0 spiro atoms. The van der Waals surface area contributed by atoms with Crippen molar-refractivity contribution in [2.45, 2.75) is 30.3 Å². The van der Waals surface area contributed by atoms with Crippen molar-refractivity contribution in [3.05, 3.63) is 24.3 Å². The third-order valence-electron chi connectivity index (χ3n) is 2.73. The number of para-hydroxylation sites is 1. The predicted molar refractivity (Wildman–Crippen MR) is 69.3 cm³/mol. The van der Waals surface area contributed by atoms with Crippen molar-refractivity contribution >= 4 is 15.5 Å². The van der Waals surface area contributed by atoms with Gasteiger partial charge in [-0.2, -0.15) is 13.2 Å². The van der Waals surface area contributed by atoms with Gasteiger partial charge in [0.05, 0.1) is 17.2 Å². The van der Waals surface area contributed by atoms with Crippen molar-refractivity contribution in [2.75, 3.05) is 18.1 Å². The van der Waals surface area contributed by atoms with E-state index in [2.05, 4.69) is 0 Å². The minimum atomic E-state index is -5.43. The summed E-state index contributed by atoms with van der Waals surface area (Å²) < 4.78 is 61.3. The summed E-state index contributed by atoms with van der Waals surface area (Å²) in [6.45, 7) is 3.15. The molecule has 0 bridgehead atoms. The van der Waals surface area contributed by atoms with Gasteiger partial charge in [-0.3, -0.25) is 0 Å². The number of anilines is 1. The molecule has 4 nitrogen and oxygen atoms in total. The summed E-state index contributed by atoms with van der Waals surface area (Å²) in [5.74, 6) is 0. The van der Waals surface area contributed by atoms with Crippen LogP contribution in [0.25, 0.3) is 0 Å². The molecule has 0 amide bonds. The average molecular weight is 311 g/mol. The third kappa shape index (κ3) is 3.24. The fourth-order valence-electron chi connectivity index (χ4n) is 1.81. The van der Waals surface area contributed by atoms with Crippen molar-refractivity contribution in [2.24, 2.45) is 0 Å². The van der Waals surface area contributed by atoms with Crippen LogP contribution in [0.3, 0.4) is 0 Å². The van der Waals surface area contributed by atoms with Crippen LogP contribution >= 0.6 is 0 Å². The number of hydrogen-bond acceptors (Lipinski definition) is 4. The molecule has 0 saturated heterocycles. The second-order valence-corrected chi connectivity index (χ2v) is 6.34. The number of aliphatic hydroxyl groups excluding tert-OH is 1. The first-order valence-electron chi connectivity index (χ1n) is 5.90. The van der Waals surface area contributed by atoms with Crippen molar-refractivity contribution in [1.29, 1.82) is 0 Å². The lowest BCUT2D eigenvalue weighted by atomic mass is 10.2. The van der Waals surface area contributed by atoms with Gasteiger partial charge in [0.15, 0.2) is 0 Å². The fourth-order valence-corrected chi connectivity index (χ4v) is 2.78. The van der Waals surface area contributed by atoms with E-state index in [4.69, 9.17) is 5.11 Å². The maximum absolute atomic E-state index is 12.7. The Morgan fingerprint density at radius 2 is 1.80 bits per heavy atom. The highest BCUT2D eigenvalue weighted by Gasteiger charge is 2.48. The molecule has 0 radical (unpaired) electrons. The lowest BCUT2D eigenvalue weighted by molar-refractivity contribution is -0.0435. The van der Waals surface area contributed by atoms with Crippen molar-refractivity contribution < 1.29 is 26.7 Å². The van der Waals surface area contributed by atoms with E-state index in [0.717, 1.165) is 6.07 Å². The molecule has 0 fully saturated rings. The monoisotopic (exact) mass is 311 g/mol. The number of hydrogen-bond donors (Lipinski definition) is 1. The zero-order valence-electron chi connectivity index (χ0n) is 11.1. The maximum atomic E-state index is 12.7. The fraction of sp³-hybridized carbons (Fsp3) is 0.500. The Morgan fingerprint density at radius 1 is 1.25 bits per heavy atom. The Kier molecular flexibility index (Phi) is 5.04. The van der Waals surface area contributed by atoms with Gasteiger partial charge in [0.25, 0.3) is 9.84 Å². The van der Waals surface area contributed by atoms with E-state index < -0.39 is 20.2 Å². The van der Waals surface area contributed by atoms with Gasteiger partial charge >= 0.3 is 5.51 Å². The van der Waals surface area contributed by atoms with Gasteiger partial charge in [-0.1, -0.05) is 12.1 Å². The first-order chi connectivity index (χ1) is 9.13. The van der Waals surface area contributed by atoms with E-state index in [1.165, 1.54) is 23.1 Å². The summed E-state index contributed by atoms with van der Waals surface area (Å²) >= 11 is 0. The van der Waals surface area contributed by atoms with Crippen LogP contribution in [0.5, 0.6) is 0 Å². The largest absolute Gasteiger partial charge is 0.501 e. The number of benzene rings is 1. The number of alkyl halides is 3. The second kappa shape index (κ2) is 6.01. The van der Waals surface area contributed by atoms with Crippen LogP contribution in [0.1, 0.15) is 13.8 Å². The molecular formula is C12H16F3NO3S. The van der Waals surface area contributed by atoms with E-state index in [9.17, 15) is 21.6 Å². The number of nitrogens with zero attached hydrogens (tertiary/aromatic N) is 1. The van der Waals surface area contributed by atoms with Gasteiger partial charge in [0.1, 0.15) is 0 Å². The molecule has 20 heavy (non-hydrogen) atoms. The second-order valence-electron chi connectivity index (χ2n) is 4.43. The Bertz CT molecular complexity index is 555. The molecule has 0 aliphatic heterocycles. The molecule has 0 unspecified atom stereocenters. The summed E-state index contributed by atoms with van der Waals surface area (Å²) in [5, 5.41) is 8.99. The van der Waals surface area contributed by atoms with Crippen LogP contribution in [0.15, 0.2) is 29.2 Å². The molecule has 0 atom stereocenters. The van der Waals surface area contributed by atoms with E-state index in [1.54, 1.807) is 13.8 Å². The molecule has 8 heteroatoms. The van der Waals surface area contributed by atoms with Gasteiger partial charge in [0.2, 0.25) is 0 Å². The molecule has 1 N–H and O–H groups in total. The number of aliphatic hydroxyl groups is 1. The normalized spacial score (nSPS) is 12.8. The minimum Gasteiger partial charge on any atom is -0.395 e. The number of rotatable bonds is 5. The predicted octanol–water partition coefficient (Wildman–Crippen LogP) is 2.19. The SMILES string of the molecule is CC(C)N(CCO)c1ccccc1S(=O)(=O)C(F)(F)F. The summed E-state index contributed by atoms with van der Waals surface area (Å²) in [6, 6.07) is 4.66. The topological polar surface area (TPSA) is 57.6 Å². The van der Waals surface area contributed by atoms with Gasteiger partial charge in [-0.05, 0) is 26.0 Å². The summed E-state index contributed by atoms with van der Waals surface area (Å²) in [6.07, 6.45) is 0. The molecular weight excluding hydrogens is 295 g/mol. The summed E-state index contributed by atoms with van der Waals surface area (Å²) in [4.78, 5) is 0.619. The molecule has 0 saturated carbocycles. The van der Waals surface area contributed by atoms with Crippen LogP contribution in [0.4, 0.5) is 18.9 Å². The Balaban J connectivity index is 3.45. The van der Waals surface area contributed by atoms with Gasteiger partial charge < -0.3 is 10.0 Å². The lowest BCUT2D eigenvalue weighted by Crippen LogP contribution is -2.35. The maximum Gasteiger partial charge on any atom is 0.501 e. The van der Waals surface area contributed by atoms with Crippen molar-refractivity contribution in [1.82, 2.24) is 0 Å². The standard InChI is InChI=1S/C12H16F3NO3S/c1-9(2)16(7-8-17)10-5-3-4-6-11(10)20(18,19)12(13,14)15/h3-6,9,17H,7-8H2,1-2H3. The quantitative estimate of drug-likeness (QED) is 0.905. The van der Waals surface area contributed by atoms with E-state index in [-0.39, 0.29) is 24.9 Å².